The number of carbonyl (C=O) groups is 4. The smallest absolute Gasteiger partial charge is 0.261 e. The topological polar surface area (TPSA) is 74.8 Å². The van der Waals surface area contributed by atoms with Crippen LogP contribution in [0, 0.1) is 11.8 Å². The van der Waals surface area contributed by atoms with Crippen molar-refractivity contribution in [2.75, 3.05) is 13.1 Å². The van der Waals surface area contributed by atoms with Crippen molar-refractivity contribution in [3.05, 3.63) is 93.7 Å². The van der Waals surface area contributed by atoms with Crippen molar-refractivity contribution in [1.29, 1.82) is 0 Å². The summed E-state index contributed by atoms with van der Waals surface area (Å²) >= 11 is 10.8. The first-order chi connectivity index (χ1) is 49.2. The number of benzene rings is 5. The monoisotopic (exact) mass is 1450 g/mol. The maximum absolute atomic E-state index is 16.1. The lowest BCUT2D eigenvalue weighted by Gasteiger charge is -2.33. The van der Waals surface area contributed by atoms with Gasteiger partial charge in [0.1, 0.15) is 0 Å². The van der Waals surface area contributed by atoms with Crippen LogP contribution in [0.2, 0.25) is 0 Å². The van der Waals surface area contributed by atoms with Gasteiger partial charge < -0.3 is 0 Å². The lowest BCUT2D eigenvalue weighted by Crippen LogP contribution is -2.43. The Kier molecular flexibility index (Phi) is 26.1. The van der Waals surface area contributed by atoms with E-state index in [0.717, 1.165) is 115 Å². The number of hydrogen-bond donors (Lipinski definition) is 0. The number of hydrogen-bond acceptors (Lipinski definition) is 10. The molecule has 6 nitrogen and oxygen atoms in total. The molecule has 0 fully saturated rings. The van der Waals surface area contributed by atoms with Crippen LogP contribution >= 0.6 is 68.0 Å². The Morgan fingerprint density at radius 1 is 0.280 bits per heavy atom. The molecular formula is C88H110N2O4S6. The summed E-state index contributed by atoms with van der Waals surface area (Å²) in [7, 11) is 0. The van der Waals surface area contributed by atoms with Crippen LogP contribution in [0.15, 0.2) is 71.4 Å². The first-order valence-electron chi connectivity index (χ1n) is 40.0. The Hall–Kier alpha value is -5.08. The average molecular weight is 1450 g/mol. The van der Waals surface area contributed by atoms with Gasteiger partial charge in [0.2, 0.25) is 0 Å². The van der Waals surface area contributed by atoms with Crippen molar-refractivity contribution in [3.63, 3.8) is 0 Å². The third kappa shape index (κ3) is 16.1. The number of nitrogens with zero attached hydrogens (tertiary/aromatic N) is 2. The van der Waals surface area contributed by atoms with Crippen LogP contribution < -0.4 is 0 Å². The molecule has 2 aliphatic heterocycles. The van der Waals surface area contributed by atoms with Crippen LogP contribution in [0.1, 0.15) is 326 Å². The molecule has 5 aromatic carbocycles. The SMILES string of the molecule is CCCCCCCCCCCCC(CCCCCCCCCC)CN1C(=O)c2ccc3c4c(-c5cc6sc7ccsc7c6s5)cc5c6c(ccc(c7c(-c8cc9sc%10ccsc%10c9s8)cc(c2c37)C1=O)c64)C(=O)N(CC(CCCCCCCCCC)CCCCCCCCCCCC)C5=O. The molecule has 2 atom stereocenters. The maximum Gasteiger partial charge on any atom is 0.261 e. The van der Waals surface area contributed by atoms with Gasteiger partial charge in [0.15, 0.2) is 0 Å². The van der Waals surface area contributed by atoms with E-state index in [2.05, 4.69) is 87.0 Å². The molecular weight excluding hydrogens is 1340 g/mol. The maximum atomic E-state index is 16.1. The number of unbranched alkanes of at least 4 members (excludes halogenated alkanes) is 32. The first kappa shape index (κ1) is 73.2. The molecule has 0 N–H and O–H groups in total. The third-order valence-electron chi connectivity index (χ3n) is 22.8. The Morgan fingerprint density at radius 2 is 0.580 bits per heavy atom. The standard InChI is InChI=1S/C88H110N2O4S6/c1-5-9-13-17-21-25-27-31-35-39-43-59(41-37-33-29-23-19-15-11-7-3)57-89-85(91)63-47-45-61-76-66(72-56-74-84(100-72)82-70(98-74)50-52-96-82)54-68-78-64(86(92)90(88(68)94)58-60(42-38-34-30-24-20-16-12-8-4)44-40-36-32-28-26-22-18-14-10-6-2)48-46-62(80(76)78)75-65(53-67(87(89)93)77(63)79(61)75)71-55-73-83(99-71)81-69(97-73)49-51-95-81/h45-56,59-60H,5-44,57-58H2,1-4H3. The van der Waals surface area contributed by atoms with Gasteiger partial charge in [-0.15, -0.1) is 68.0 Å². The van der Waals surface area contributed by atoms with Crippen molar-refractivity contribution in [2.24, 2.45) is 11.8 Å². The highest BCUT2D eigenvalue weighted by atomic mass is 32.1. The molecule has 8 heterocycles. The molecule has 0 radical (unpaired) electrons. The molecule has 0 spiro atoms. The summed E-state index contributed by atoms with van der Waals surface area (Å²) in [6.07, 6.45) is 49.7. The van der Waals surface area contributed by atoms with E-state index in [1.807, 2.05) is 34.8 Å². The van der Waals surface area contributed by atoms with Gasteiger partial charge in [0.05, 0.1) is 18.8 Å². The number of carbonyl (C=O) groups excluding carboxylic acids is 4. The van der Waals surface area contributed by atoms with Gasteiger partial charge in [-0.1, -0.05) is 271 Å². The molecule has 0 aliphatic carbocycles. The molecule has 2 aliphatic rings. The fourth-order valence-electron chi connectivity index (χ4n) is 17.2. The van der Waals surface area contributed by atoms with E-state index in [-0.39, 0.29) is 35.5 Å². The van der Waals surface area contributed by atoms with Gasteiger partial charge in [-0.25, -0.2) is 0 Å². The second-order valence-corrected chi connectivity index (χ2v) is 36.3. The van der Waals surface area contributed by atoms with E-state index < -0.39 is 0 Å². The van der Waals surface area contributed by atoms with Gasteiger partial charge in [-0.2, -0.15) is 0 Å². The molecule has 532 valence electrons. The minimum absolute atomic E-state index is 0.189. The normalized spacial score (nSPS) is 14.2. The van der Waals surface area contributed by atoms with Gasteiger partial charge in [-0.05, 0) is 129 Å². The molecule has 6 aromatic heterocycles. The highest BCUT2D eigenvalue weighted by Crippen LogP contribution is 2.56. The fourth-order valence-corrected chi connectivity index (χ4v) is 24.8. The summed E-state index contributed by atoms with van der Waals surface area (Å²) in [4.78, 5) is 69.2. The second kappa shape index (κ2) is 35.6. The van der Waals surface area contributed by atoms with Gasteiger partial charge in [0, 0.05) is 85.8 Å². The van der Waals surface area contributed by atoms with Crippen LogP contribution in [0.3, 0.4) is 0 Å². The van der Waals surface area contributed by atoms with Crippen LogP contribution in [-0.2, 0) is 0 Å². The van der Waals surface area contributed by atoms with Crippen LogP contribution in [0.25, 0.3) is 102 Å². The molecule has 0 saturated heterocycles. The Bertz CT molecular complexity index is 4280. The Labute approximate surface area is 620 Å². The van der Waals surface area contributed by atoms with E-state index in [4.69, 9.17) is 0 Å². The van der Waals surface area contributed by atoms with Gasteiger partial charge in [0.25, 0.3) is 23.6 Å². The van der Waals surface area contributed by atoms with Crippen molar-refractivity contribution in [2.45, 2.75) is 285 Å². The lowest BCUT2D eigenvalue weighted by molar-refractivity contribution is 0.0563. The van der Waals surface area contributed by atoms with E-state index >= 15 is 19.2 Å². The third-order valence-corrected chi connectivity index (χ3v) is 30.0. The van der Waals surface area contributed by atoms with E-state index in [9.17, 15) is 0 Å². The van der Waals surface area contributed by atoms with Crippen LogP contribution in [0.4, 0.5) is 0 Å². The van der Waals surface area contributed by atoms with E-state index in [1.54, 1.807) is 55.1 Å². The fraction of sp³-hybridized carbons (Fsp3) is 0.545. The molecule has 0 saturated carbocycles. The number of imide groups is 2. The molecule has 4 amide bonds. The summed E-state index contributed by atoms with van der Waals surface area (Å²) in [6.45, 7) is 10.0. The Balaban J connectivity index is 0.894. The van der Waals surface area contributed by atoms with Crippen molar-refractivity contribution < 1.29 is 19.2 Å². The van der Waals surface area contributed by atoms with E-state index in [0.29, 0.717) is 35.3 Å². The van der Waals surface area contributed by atoms with Crippen LogP contribution in [-0.4, -0.2) is 46.5 Å². The number of rotatable bonds is 46. The molecule has 13 rings (SSSR count). The zero-order valence-electron chi connectivity index (χ0n) is 60.8. The summed E-state index contributed by atoms with van der Waals surface area (Å²) in [5, 5.41) is 11.6. The molecule has 2 unspecified atom stereocenters. The van der Waals surface area contributed by atoms with Crippen LogP contribution in [0.5, 0.6) is 0 Å². The van der Waals surface area contributed by atoms with Crippen molar-refractivity contribution in [1.82, 2.24) is 9.80 Å². The minimum Gasteiger partial charge on any atom is -0.274 e. The first-order valence-corrected chi connectivity index (χ1v) is 45.0. The van der Waals surface area contributed by atoms with Crippen molar-refractivity contribution >= 4 is 172 Å². The Morgan fingerprint density at radius 3 is 0.900 bits per heavy atom. The minimum atomic E-state index is -0.191. The average Bonchev–Trinajstić information content (AvgIpc) is 0.758. The summed E-state index contributed by atoms with van der Waals surface area (Å²) in [5.74, 6) is -0.308. The summed E-state index contributed by atoms with van der Waals surface area (Å²) in [5.41, 5.74) is 4.31. The number of amides is 4. The lowest BCUT2D eigenvalue weighted by atomic mass is 9.78. The zero-order chi connectivity index (χ0) is 68.9. The highest BCUT2D eigenvalue weighted by Gasteiger charge is 2.40. The largest absolute Gasteiger partial charge is 0.274 e. The number of thiophene rings is 6. The van der Waals surface area contributed by atoms with Gasteiger partial charge >= 0.3 is 0 Å². The molecule has 12 heteroatoms. The van der Waals surface area contributed by atoms with E-state index in [1.165, 1.54) is 243 Å². The summed E-state index contributed by atoms with van der Waals surface area (Å²) < 4.78 is 10.2. The zero-order valence-corrected chi connectivity index (χ0v) is 65.7. The predicted octanol–water partition coefficient (Wildman–Crippen LogP) is 30.2. The second-order valence-electron chi connectivity index (χ2n) is 30.2. The van der Waals surface area contributed by atoms with Crippen molar-refractivity contribution in [3.8, 4) is 20.9 Å². The molecule has 11 aromatic rings. The summed E-state index contributed by atoms with van der Waals surface area (Å²) in [6, 6.07) is 21.9. The quantitative estimate of drug-likeness (QED) is 0.0165. The van der Waals surface area contributed by atoms with Gasteiger partial charge in [-0.3, -0.25) is 29.0 Å². The molecule has 0 bridgehead atoms. The molecule has 100 heavy (non-hydrogen) atoms. The number of fused-ring (bicyclic) bond motifs is 8. The predicted molar refractivity (Wildman–Crippen MR) is 441 cm³/mol. The highest BCUT2D eigenvalue weighted by molar-refractivity contribution is 7.39.